The Morgan fingerprint density at radius 2 is 1.77 bits per heavy atom. The normalized spacial score (nSPS) is 16.4. The molecule has 1 aliphatic rings. The molecule has 0 N–H and O–H groups in total. The Morgan fingerprint density at radius 3 is 2.38 bits per heavy atom. The Kier molecular flexibility index (Phi) is 5.50. The van der Waals surface area contributed by atoms with Gasteiger partial charge in [-0.1, -0.05) is 30.5 Å². The molecule has 1 aliphatic heterocycles. The van der Waals surface area contributed by atoms with E-state index in [0.29, 0.717) is 35.1 Å². The summed E-state index contributed by atoms with van der Waals surface area (Å²) in [6.45, 7) is 4.26. The maximum atomic E-state index is 13.1. The van der Waals surface area contributed by atoms with Crippen molar-refractivity contribution in [3.8, 4) is 0 Å². The molecule has 3 rings (SSSR count). The van der Waals surface area contributed by atoms with Gasteiger partial charge in [0.25, 0.3) is 5.91 Å². The van der Waals surface area contributed by atoms with E-state index in [2.05, 4.69) is 5.10 Å². The maximum Gasteiger partial charge on any atom is 0.278 e. The number of aromatic nitrogens is 2. The van der Waals surface area contributed by atoms with Crippen molar-refractivity contribution in [3.05, 3.63) is 46.2 Å². The number of hydrogen-bond acceptors (Lipinski definition) is 4. The highest BCUT2D eigenvalue weighted by Gasteiger charge is 2.32. The zero-order valence-electron chi connectivity index (χ0n) is 14.9. The van der Waals surface area contributed by atoms with Crippen LogP contribution in [0.1, 0.15) is 47.4 Å². The predicted molar refractivity (Wildman–Crippen MR) is 100 cm³/mol. The van der Waals surface area contributed by atoms with Crippen LogP contribution in [0.15, 0.2) is 29.2 Å². The molecule has 2 heterocycles. The van der Waals surface area contributed by atoms with Gasteiger partial charge in [0.1, 0.15) is 4.90 Å². The lowest BCUT2D eigenvalue weighted by molar-refractivity contribution is 0.0942. The van der Waals surface area contributed by atoms with E-state index >= 15 is 0 Å². The molecule has 0 unspecified atom stereocenters. The molecule has 0 radical (unpaired) electrons. The largest absolute Gasteiger partial charge is 0.278 e. The highest BCUT2D eigenvalue weighted by molar-refractivity contribution is 7.89. The van der Waals surface area contributed by atoms with Gasteiger partial charge in [0.05, 0.1) is 11.4 Å². The molecule has 1 aromatic heterocycles. The molecule has 0 bridgehead atoms. The first-order valence-electron chi connectivity index (χ1n) is 8.69. The Balaban J connectivity index is 2.01. The van der Waals surface area contributed by atoms with Crippen molar-refractivity contribution >= 4 is 27.5 Å². The van der Waals surface area contributed by atoms with Gasteiger partial charge >= 0.3 is 0 Å². The van der Waals surface area contributed by atoms with Gasteiger partial charge < -0.3 is 0 Å². The van der Waals surface area contributed by atoms with Crippen molar-refractivity contribution in [2.45, 2.75) is 44.4 Å². The van der Waals surface area contributed by atoms with Crippen LogP contribution in [-0.2, 0) is 10.0 Å². The minimum Gasteiger partial charge on any atom is -0.267 e. The van der Waals surface area contributed by atoms with E-state index in [-0.39, 0.29) is 4.90 Å². The molecule has 1 saturated heterocycles. The van der Waals surface area contributed by atoms with Crippen LogP contribution in [0.25, 0.3) is 0 Å². The van der Waals surface area contributed by atoms with Crippen molar-refractivity contribution < 1.29 is 13.2 Å². The molecular formula is C18H22ClN3O3S. The standard InChI is InChI=1S/C18H22ClN3O3S/c1-13-17(26(24,25)21-10-5-3-4-6-11-21)14(2)22(20-13)18(23)15-8-7-9-16(19)12-15/h7-9,12H,3-6,10-11H2,1-2H3. The number of carbonyl (C=O) groups excluding carboxylic acids is 1. The van der Waals surface area contributed by atoms with Gasteiger partial charge in [-0.25, -0.2) is 8.42 Å². The maximum absolute atomic E-state index is 13.1. The molecule has 0 amide bonds. The highest BCUT2D eigenvalue weighted by atomic mass is 35.5. The molecule has 0 spiro atoms. The molecule has 1 fully saturated rings. The number of halogens is 1. The summed E-state index contributed by atoms with van der Waals surface area (Å²) in [7, 11) is -3.68. The number of hydrogen-bond donors (Lipinski definition) is 0. The first kappa shape index (κ1) is 19.1. The predicted octanol–water partition coefficient (Wildman–Crippen LogP) is 3.41. The molecule has 26 heavy (non-hydrogen) atoms. The monoisotopic (exact) mass is 395 g/mol. The topological polar surface area (TPSA) is 72.3 Å². The summed E-state index contributed by atoms with van der Waals surface area (Å²) < 4.78 is 29.0. The summed E-state index contributed by atoms with van der Waals surface area (Å²) >= 11 is 5.96. The number of nitrogens with zero attached hydrogens (tertiary/aromatic N) is 3. The molecule has 8 heteroatoms. The van der Waals surface area contributed by atoms with E-state index in [1.165, 1.54) is 4.31 Å². The van der Waals surface area contributed by atoms with Crippen molar-refractivity contribution in [3.63, 3.8) is 0 Å². The van der Waals surface area contributed by atoms with E-state index in [1.54, 1.807) is 38.1 Å². The number of rotatable bonds is 3. The molecule has 0 aliphatic carbocycles. The van der Waals surface area contributed by atoms with Crippen molar-refractivity contribution in [2.75, 3.05) is 13.1 Å². The zero-order valence-corrected chi connectivity index (χ0v) is 16.5. The van der Waals surface area contributed by atoms with Gasteiger partial charge in [-0.2, -0.15) is 14.1 Å². The second kappa shape index (κ2) is 7.50. The third-order valence-electron chi connectivity index (χ3n) is 4.65. The van der Waals surface area contributed by atoms with Crippen molar-refractivity contribution in [1.29, 1.82) is 0 Å². The van der Waals surface area contributed by atoms with Crippen LogP contribution in [0.3, 0.4) is 0 Å². The number of sulfonamides is 1. The Labute approximate surface area is 158 Å². The van der Waals surface area contributed by atoms with Crippen molar-refractivity contribution in [1.82, 2.24) is 14.1 Å². The van der Waals surface area contributed by atoms with Gasteiger partial charge in [0.15, 0.2) is 0 Å². The van der Waals surface area contributed by atoms with E-state index in [0.717, 1.165) is 30.4 Å². The first-order valence-corrected chi connectivity index (χ1v) is 10.5. The lowest BCUT2D eigenvalue weighted by Gasteiger charge is -2.20. The Morgan fingerprint density at radius 1 is 1.12 bits per heavy atom. The summed E-state index contributed by atoms with van der Waals surface area (Å²) in [6.07, 6.45) is 3.78. The van der Waals surface area contributed by atoms with E-state index in [4.69, 9.17) is 11.6 Å². The van der Waals surface area contributed by atoms with Gasteiger partial charge in [-0.3, -0.25) is 4.79 Å². The third kappa shape index (κ3) is 3.56. The van der Waals surface area contributed by atoms with Crippen molar-refractivity contribution in [2.24, 2.45) is 0 Å². The smallest absolute Gasteiger partial charge is 0.267 e. The van der Waals surface area contributed by atoms with Gasteiger partial charge in [-0.05, 0) is 44.9 Å². The average molecular weight is 396 g/mol. The minimum atomic E-state index is -3.68. The average Bonchev–Trinajstić information content (AvgIpc) is 2.79. The molecule has 2 aromatic rings. The first-order chi connectivity index (χ1) is 12.3. The molecule has 1 aromatic carbocycles. The van der Waals surface area contributed by atoms with Crippen LogP contribution < -0.4 is 0 Å². The highest BCUT2D eigenvalue weighted by Crippen LogP contribution is 2.26. The Hall–Kier alpha value is -1.70. The summed E-state index contributed by atoms with van der Waals surface area (Å²) in [6, 6.07) is 6.53. The number of aryl methyl sites for hydroxylation is 1. The summed E-state index contributed by atoms with van der Waals surface area (Å²) in [5, 5.41) is 4.66. The fraction of sp³-hybridized carbons (Fsp3) is 0.444. The van der Waals surface area contributed by atoms with Crippen LogP contribution in [0, 0.1) is 13.8 Å². The second-order valence-electron chi connectivity index (χ2n) is 6.55. The quantitative estimate of drug-likeness (QED) is 0.798. The third-order valence-corrected chi connectivity index (χ3v) is 7.04. The fourth-order valence-electron chi connectivity index (χ4n) is 3.35. The second-order valence-corrected chi connectivity index (χ2v) is 8.86. The number of carbonyl (C=O) groups is 1. The van der Waals surface area contributed by atoms with E-state index in [9.17, 15) is 13.2 Å². The Bertz CT molecular complexity index is 929. The van der Waals surface area contributed by atoms with Gasteiger partial charge in [0.2, 0.25) is 10.0 Å². The summed E-state index contributed by atoms with van der Waals surface area (Å²) in [4.78, 5) is 12.9. The van der Waals surface area contributed by atoms with E-state index < -0.39 is 15.9 Å². The van der Waals surface area contributed by atoms with Crippen LogP contribution in [-0.4, -0.2) is 41.5 Å². The van der Waals surface area contributed by atoms with Gasteiger partial charge in [0, 0.05) is 23.7 Å². The van der Waals surface area contributed by atoms with Crippen LogP contribution in [0.4, 0.5) is 0 Å². The minimum absolute atomic E-state index is 0.134. The van der Waals surface area contributed by atoms with Gasteiger partial charge in [-0.15, -0.1) is 0 Å². The molecule has 6 nitrogen and oxygen atoms in total. The summed E-state index contributed by atoms with van der Waals surface area (Å²) in [5.41, 5.74) is 1.03. The molecule has 140 valence electrons. The molecular weight excluding hydrogens is 374 g/mol. The SMILES string of the molecule is Cc1nn(C(=O)c2cccc(Cl)c2)c(C)c1S(=O)(=O)N1CCCCCC1. The fourth-order valence-corrected chi connectivity index (χ4v) is 5.42. The van der Waals surface area contributed by atoms with Crippen LogP contribution in [0.2, 0.25) is 5.02 Å². The summed E-state index contributed by atoms with van der Waals surface area (Å²) in [5.74, 6) is -0.398. The van der Waals surface area contributed by atoms with Crippen LogP contribution >= 0.6 is 11.6 Å². The lowest BCUT2D eigenvalue weighted by atomic mass is 10.2. The van der Waals surface area contributed by atoms with E-state index in [1.807, 2.05) is 0 Å². The van der Waals surface area contributed by atoms with Crippen LogP contribution in [0.5, 0.6) is 0 Å². The molecule has 0 saturated carbocycles. The lowest BCUT2D eigenvalue weighted by Crippen LogP contribution is -2.32. The zero-order chi connectivity index (χ0) is 18.9. The molecule has 0 atom stereocenters. The number of benzene rings is 1.